The third-order valence-electron chi connectivity index (χ3n) is 1.91. The number of halogens is 1. The van der Waals surface area contributed by atoms with Crippen molar-refractivity contribution in [3.05, 3.63) is 41.7 Å². The maximum absolute atomic E-state index is 13.1. The lowest BCUT2D eigenvalue weighted by Crippen LogP contribution is -2.01. The first-order chi connectivity index (χ1) is 6.69. The summed E-state index contributed by atoms with van der Waals surface area (Å²) < 4.78 is 18.3. The van der Waals surface area contributed by atoms with Gasteiger partial charge in [-0.3, -0.25) is 0 Å². The largest absolute Gasteiger partial charge is 0.494 e. The van der Waals surface area contributed by atoms with Crippen LogP contribution in [-0.2, 0) is 11.3 Å². The van der Waals surface area contributed by atoms with Gasteiger partial charge < -0.3 is 10.5 Å². The van der Waals surface area contributed by atoms with Crippen LogP contribution in [0.25, 0.3) is 5.76 Å². The molecular formula is C11H14FNO. The molecule has 0 aliphatic heterocycles. The molecule has 1 aromatic carbocycles. The zero-order valence-electron chi connectivity index (χ0n) is 8.22. The second-order valence-corrected chi connectivity index (χ2v) is 2.87. The first kappa shape index (κ1) is 10.7. The summed E-state index contributed by atoms with van der Waals surface area (Å²) in [6, 6.07) is 4.67. The number of ether oxygens (including phenoxy) is 1. The van der Waals surface area contributed by atoms with Crippen LogP contribution in [0.1, 0.15) is 18.1 Å². The SMILES string of the molecule is C=C(OCC)c1ccc(F)c(CN)c1. The molecule has 0 spiro atoms. The molecule has 0 unspecified atom stereocenters. The number of benzene rings is 1. The third-order valence-corrected chi connectivity index (χ3v) is 1.91. The van der Waals surface area contributed by atoms with Crippen LogP contribution in [0, 0.1) is 5.82 Å². The molecule has 0 aromatic heterocycles. The van der Waals surface area contributed by atoms with E-state index in [1.165, 1.54) is 6.07 Å². The standard InChI is InChI=1S/C11H14FNO/c1-3-14-8(2)9-4-5-11(12)10(6-9)7-13/h4-6H,2-3,7,13H2,1H3. The van der Waals surface area contributed by atoms with Gasteiger partial charge >= 0.3 is 0 Å². The maximum Gasteiger partial charge on any atom is 0.127 e. The normalized spacial score (nSPS) is 9.93. The topological polar surface area (TPSA) is 35.2 Å². The second kappa shape index (κ2) is 4.77. The van der Waals surface area contributed by atoms with Crippen molar-refractivity contribution in [1.29, 1.82) is 0 Å². The molecular weight excluding hydrogens is 181 g/mol. The Hall–Kier alpha value is -1.35. The highest BCUT2D eigenvalue weighted by Gasteiger charge is 2.04. The molecule has 0 saturated heterocycles. The van der Waals surface area contributed by atoms with E-state index in [9.17, 15) is 4.39 Å². The average molecular weight is 195 g/mol. The van der Waals surface area contributed by atoms with Crippen molar-refractivity contribution < 1.29 is 9.13 Å². The molecule has 3 heteroatoms. The quantitative estimate of drug-likeness (QED) is 0.748. The van der Waals surface area contributed by atoms with E-state index in [1.54, 1.807) is 12.1 Å². The Kier molecular flexibility index (Phi) is 3.65. The van der Waals surface area contributed by atoms with Crippen LogP contribution in [0.15, 0.2) is 24.8 Å². The maximum atomic E-state index is 13.1. The molecule has 0 saturated carbocycles. The molecule has 1 aromatic rings. The number of hydrogen-bond acceptors (Lipinski definition) is 2. The van der Waals surface area contributed by atoms with Crippen LogP contribution < -0.4 is 5.73 Å². The molecule has 14 heavy (non-hydrogen) atoms. The lowest BCUT2D eigenvalue weighted by atomic mass is 10.1. The predicted octanol–water partition coefficient (Wildman–Crippen LogP) is 2.29. The van der Waals surface area contributed by atoms with E-state index < -0.39 is 0 Å². The summed E-state index contributed by atoms with van der Waals surface area (Å²) in [6.45, 7) is 6.34. The molecule has 0 fully saturated rings. The first-order valence-corrected chi connectivity index (χ1v) is 4.49. The Balaban J connectivity index is 2.94. The van der Waals surface area contributed by atoms with Crippen LogP contribution in [-0.4, -0.2) is 6.61 Å². The number of nitrogens with two attached hydrogens (primary N) is 1. The van der Waals surface area contributed by atoms with Crippen LogP contribution in [0.5, 0.6) is 0 Å². The average Bonchev–Trinajstić information content (AvgIpc) is 2.19. The summed E-state index contributed by atoms with van der Waals surface area (Å²) >= 11 is 0. The molecule has 2 nitrogen and oxygen atoms in total. The fourth-order valence-corrected chi connectivity index (χ4v) is 1.16. The van der Waals surface area contributed by atoms with E-state index in [-0.39, 0.29) is 12.4 Å². The second-order valence-electron chi connectivity index (χ2n) is 2.87. The minimum absolute atomic E-state index is 0.180. The van der Waals surface area contributed by atoms with Crippen LogP contribution >= 0.6 is 0 Å². The highest BCUT2D eigenvalue weighted by Crippen LogP contribution is 2.17. The summed E-state index contributed by atoms with van der Waals surface area (Å²) in [5, 5.41) is 0. The summed E-state index contributed by atoms with van der Waals surface area (Å²) in [4.78, 5) is 0. The minimum Gasteiger partial charge on any atom is -0.494 e. The van der Waals surface area contributed by atoms with Crippen LogP contribution in [0.4, 0.5) is 4.39 Å². The van der Waals surface area contributed by atoms with E-state index in [0.29, 0.717) is 17.9 Å². The fourth-order valence-electron chi connectivity index (χ4n) is 1.16. The third kappa shape index (κ3) is 2.33. The summed E-state index contributed by atoms with van der Waals surface area (Å²) in [5.74, 6) is 0.253. The molecule has 0 amide bonds. The van der Waals surface area contributed by atoms with E-state index in [4.69, 9.17) is 10.5 Å². The van der Waals surface area contributed by atoms with Crippen molar-refractivity contribution in [1.82, 2.24) is 0 Å². The molecule has 2 N–H and O–H groups in total. The Labute approximate surface area is 83.2 Å². The van der Waals surface area contributed by atoms with Crippen molar-refractivity contribution in [2.75, 3.05) is 6.61 Å². The Morgan fingerprint density at radius 3 is 2.86 bits per heavy atom. The molecule has 76 valence electrons. The van der Waals surface area contributed by atoms with Gasteiger partial charge in [-0.2, -0.15) is 0 Å². The monoisotopic (exact) mass is 195 g/mol. The van der Waals surface area contributed by atoms with Gasteiger partial charge in [0.25, 0.3) is 0 Å². The predicted molar refractivity (Wildman–Crippen MR) is 55.0 cm³/mol. The van der Waals surface area contributed by atoms with Crippen molar-refractivity contribution in [3.8, 4) is 0 Å². The van der Waals surface area contributed by atoms with E-state index in [1.807, 2.05) is 6.92 Å². The minimum atomic E-state index is -0.291. The molecule has 0 aliphatic carbocycles. The van der Waals surface area contributed by atoms with Gasteiger partial charge in [0.1, 0.15) is 11.6 Å². The Morgan fingerprint density at radius 1 is 1.57 bits per heavy atom. The first-order valence-electron chi connectivity index (χ1n) is 4.49. The van der Waals surface area contributed by atoms with Gasteiger partial charge in [-0.25, -0.2) is 4.39 Å². The van der Waals surface area contributed by atoms with Crippen molar-refractivity contribution >= 4 is 5.76 Å². The molecule has 0 radical (unpaired) electrons. The van der Waals surface area contributed by atoms with Gasteiger partial charge in [0.15, 0.2) is 0 Å². The van der Waals surface area contributed by atoms with Crippen molar-refractivity contribution in [2.24, 2.45) is 5.73 Å². The number of hydrogen-bond donors (Lipinski definition) is 1. The Morgan fingerprint density at radius 2 is 2.29 bits per heavy atom. The molecule has 0 bridgehead atoms. The van der Waals surface area contributed by atoms with Crippen LogP contribution in [0.2, 0.25) is 0 Å². The van der Waals surface area contributed by atoms with E-state index >= 15 is 0 Å². The zero-order chi connectivity index (χ0) is 10.6. The molecule has 0 atom stereocenters. The van der Waals surface area contributed by atoms with Gasteiger partial charge in [0.05, 0.1) is 6.61 Å². The van der Waals surface area contributed by atoms with Crippen molar-refractivity contribution in [2.45, 2.75) is 13.5 Å². The summed E-state index contributed by atoms with van der Waals surface area (Å²) in [5.41, 5.74) is 6.63. The van der Waals surface area contributed by atoms with E-state index in [2.05, 4.69) is 6.58 Å². The lowest BCUT2D eigenvalue weighted by Gasteiger charge is -2.08. The van der Waals surface area contributed by atoms with E-state index in [0.717, 1.165) is 5.56 Å². The molecule has 0 aliphatic rings. The highest BCUT2D eigenvalue weighted by molar-refractivity contribution is 5.58. The van der Waals surface area contributed by atoms with Gasteiger partial charge in [0, 0.05) is 17.7 Å². The van der Waals surface area contributed by atoms with Gasteiger partial charge in [-0.15, -0.1) is 0 Å². The van der Waals surface area contributed by atoms with Crippen molar-refractivity contribution in [3.63, 3.8) is 0 Å². The fraction of sp³-hybridized carbons (Fsp3) is 0.273. The molecule has 1 rings (SSSR count). The number of rotatable bonds is 4. The summed E-state index contributed by atoms with van der Waals surface area (Å²) in [6.07, 6.45) is 0. The molecule has 0 heterocycles. The zero-order valence-corrected chi connectivity index (χ0v) is 8.22. The lowest BCUT2D eigenvalue weighted by molar-refractivity contribution is 0.299. The van der Waals surface area contributed by atoms with Crippen LogP contribution in [0.3, 0.4) is 0 Å². The van der Waals surface area contributed by atoms with Gasteiger partial charge in [-0.1, -0.05) is 6.58 Å². The smallest absolute Gasteiger partial charge is 0.127 e. The van der Waals surface area contributed by atoms with Gasteiger partial charge in [0.2, 0.25) is 0 Å². The highest BCUT2D eigenvalue weighted by atomic mass is 19.1. The summed E-state index contributed by atoms with van der Waals surface area (Å²) in [7, 11) is 0. The Bertz CT molecular complexity index is 336. The van der Waals surface area contributed by atoms with Gasteiger partial charge in [-0.05, 0) is 25.1 Å².